The third-order valence-electron chi connectivity index (χ3n) is 3.48. The zero-order chi connectivity index (χ0) is 15.6. The molecule has 2 N–H and O–H groups in total. The molecule has 2 aliphatic rings. The van der Waals surface area contributed by atoms with Crippen LogP contribution >= 0.6 is 0 Å². The van der Waals surface area contributed by atoms with E-state index in [0.717, 1.165) is 6.07 Å². The van der Waals surface area contributed by atoms with E-state index >= 15 is 0 Å². The molecule has 8 heteroatoms. The van der Waals surface area contributed by atoms with Crippen molar-refractivity contribution in [1.29, 1.82) is 0 Å². The van der Waals surface area contributed by atoms with Crippen molar-refractivity contribution in [3.05, 3.63) is 29.3 Å². The van der Waals surface area contributed by atoms with E-state index in [9.17, 15) is 13.2 Å². The van der Waals surface area contributed by atoms with Gasteiger partial charge in [0.2, 0.25) is 0 Å². The molecule has 0 aliphatic carbocycles. The maximum absolute atomic E-state index is 13.3. The molecule has 2 aliphatic heterocycles. The first-order valence-electron chi connectivity index (χ1n) is 6.92. The summed E-state index contributed by atoms with van der Waals surface area (Å²) in [7, 11) is 0. The van der Waals surface area contributed by atoms with E-state index in [4.69, 9.17) is 4.74 Å². The van der Waals surface area contributed by atoms with Crippen molar-refractivity contribution < 1.29 is 17.9 Å². The van der Waals surface area contributed by atoms with Crippen LogP contribution in [0.3, 0.4) is 0 Å². The number of nitrogens with one attached hydrogen (secondary N) is 2. The van der Waals surface area contributed by atoms with Crippen LogP contribution in [-0.2, 0) is 10.9 Å². The van der Waals surface area contributed by atoms with Crippen LogP contribution in [0.2, 0.25) is 0 Å². The molecule has 0 aromatic heterocycles. The van der Waals surface area contributed by atoms with Gasteiger partial charge in [-0.1, -0.05) is 0 Å². The van der Waals surface area contributed by atoms with Crippen LogP contribution in [0, 0.1) is 0 Å². The second-order valence-electron chi connectivity index (χ2n) is 5.08. The molecule has 1 aromatic carbocycles. The average Bonchev–Trinajstić information content (AvgIpc) is 3.00. The highest BCUT2D eigenvalue weighted by Gasteiger charge is 2.35. The monoisotopic (exact) mass is 312 g/mol. The van der Waals surface area contributed by atoms with Crippen LogP contribution < -0.4 is 10.7 Å². The minimum absolute atomic E-state index is 0.0617. The summed E-state index contributed by atoms with van der Waals surface area (Å²) in [4.78, 5) is 4.10. The highest BCUT2D eigenvalue weighted by molar-refractivity contribution is 6.01. The molecule has 0 amide bonds. The fraction of sp³-hybridized carbons (Fsp3) is 0.429. The highest BCUT2D eigenvalue weighted by Crippen LogP contribution is 2.36. The van der Waals surface area contributed by atoms with Crippen LogP contribution in [0.1, 0.15) is 17.5 Å². The van der Waals surface area contributed by atoms with E-state index in [1.54, 1.807) is 12.3 Å². The summed E-state index contributed by atoms with van der Waals surface area (Å²) in [5, 5.41) is 6.72. The van der Waals surface area contributed by atoms with E-state index in [1.165, 1.54) is 6.07 Å². The summed E-state index contributed by atoms with van der Waals surface area (Å²) in [5.41, 5.74) is 2.33. The molecule has 1 fully saturated rings. The number of halogens is 3. The minimum atomic E-state index is -4.45. The Balaban J connectivity index is 1.91. The number of alkyl halides is 3. The summed E-state index contributed by atoms with van der Waals surface area (Å²) >= 11 is 0. The first-order valence-corrected chi connectivity index (χ1v) is 6.92. The standard InChI is InChI=1S/C14H15F3N4O/c15-14(16,17)11-7-9(13-18-4-5-19-21-13)1-2-12(11)20-10-3-6-22-8-10/h1-2,5,7,10,20H,3-4,6,8H2,(H,18,21)/t10-/m1/s1. The third-order valence-corrected chi connectivity index (χ3v) is 3.48. The summed E-state index contributed by atoms with van der Waals surface area (Å²) in [6, 6.07) is 4.02. The Kier molecular flexibility index (Phi) is 4.02. The number of nitrogens with zero attached hydrogens (tertiary/aromatic N) is 2. The molecule has 0 unspecified atom stereocenters. The van der Waals surface area contributed by atoms with Crippen molar-refractivity contribution in [2.75, 3.05) is 25.1 Å². The van der Waals surface area contributed by atoms with Gasteiger partial charge < -0.3 is 10.1 Å². The van der Waals surface area contributed by atoms with E-state index in [-0.39, 0.29) is 11.7 Å². The van der Waals surface area contributed by atoms with Crippen LogP contribution in [0.25, 0.3) is 0 Å². The van der Waals surface area contributed by atoms with Gasteiger partial charge in [-0.25, -0.2) is 0 Å². The van der Waals surface area contributed by atoms with Crippen molar-refractivity contribution in [1.82, 2.24) is 5.43 Å². The van der Waals surface area contributed by atoms with E-state index in [0.29, 0.717) is 37.6 Å². The van der Waals surface area contributed by atoms with Crippen molar-refractivity contribution >= 4 is 17.7 Å². The van der Waals surface area contributed by atoms with Gasteiger partial charge in [0.1, 0.15) is 5.84 Å². The Morgan fingerprint density at radius 2 is 2.18 bits per heavy atom. The highest BCUT2D eigenvalue weighted by atomic mass is 19.4. The Morgan fingerprint density at radius 3 is 2.82 bits per heavy atom. The fourth-order valence-electron chi connectivity index (χ4n) is 2.39. The molecule has 2 heterocycles. The lowest BCUT2D eigenvalue weighted by Crippen LogP contribution is -2.25. The Labute approximate surface area is 125 Å². The molecule has 0 bridgehead atoms. The number of anilines is 1. The predicted octanol–water partition coefficient (Wildman–Crippen LogP) is 2.24. The zero-order valence-corrected chi connectivity index (χ0v) is 11.7. The summed E-state index contributed by atoms with van der Waals surface area (Å²) in [5.74, 6) is 0.337. The average molecular weight is 312 g/mol. The Bertz CT molecular complexity index is 607. The first-order chi connectivity index (χ1) is 10.5. The zero-order valence-electron chi connectivity index (χ0n) is 11.7. The van der Waals surface area contributed by atoms with Crippen LogP contribution in [0.4, 0.5) is 18.9 Å². The molecule has 5 nitrogen and oxygen atoms in total. The lowest BCUT2D eigenvalue weighted by Gasteiger charge is -2.19. The molecular weight excluding hydrogens is 297 g/mol. The van der Waals surface area contributed by atoms with Gasteiger partial charge in [-0.2, -0.15) is 18.3 Å². The second-order valence-corrected chi connectivity index (χ2v) is 5.08. The summed E-state index contributed by atoms with van der Waals surface area (Å²) in [6.07, 6.45) is -2.21. The normalized spacial score (nSPS) is 21.4. The van der Waals surface area contributed by atoms with E-state index in [1.807, 2.05) is 0 Å². The quantitative estimate of drug-likeness (QED) is 0.900. The molecule has 1 saturated heterocycles. The maximum atomic E-state index is 13.3. The smallest absolute Gasteiger partial charge is 0.379 e. The number of hydrogen-bond acceptors (Lipinski definition) is 5. The first kappa shape index (κ1) is 14.8. The molecule has 0 spiro atoms. The van der Waals surface area contributed by atoms with Gasteiger partial charge in [0.25, 0.3) is 0 Å². The van der Waals surface area contributed by atoms with Crippen LogP contribution in [-0.4, -0.2) is 37.9 Å². The van der Waals surface area contributed by atoms with Gasteiger partial charge >= 0.3 is 6.18 Å². The number of hydrogen-bond donors (Lipinski definition) is 2. The van der Waals surface area contributed by atoms with Crippen molar-refractivity contribution in [3.63, 3.8) is 0 Å². The topological polar surface area (TPSA) is 58.0 Å². The minimum Gasteiger partial charge on any atom is -0.379 e. The summed E-state index contributed by atoms with van der Waals surface area (Å²) < 4.78 is 45.1. The molecular formula is C14H15F3N4O. The Hall–Kier alpha value is -2.09. The number of hydrazone groups is 1. The van der Waals surface area contributed by atoms with Gasteiger partial charge in [0.15, 0.2) is 0 Å². The van der Waals surface area contributed by atoms with Crippen LogP contribution in [0.15, 0.2) is 28.3 Å². The third kappa shape index (κ3) is 3.22. The van der Waals surface area contributed by atoms with Gasteiger partial charge in [0.05, 0.1) is 24.8 Å². The lowest BCUT2D eigenvalue weighted by molar-refractivity contribution is -0.137. The second kappa shape index (κ2) is 5.96. The molecule has 3 rings (SSSR count). The number of rotatable bonds is 3. The van der Waals surface area contributed by atoms with E-state index in [2.05, 4.69) is 20.8 Å². The number of ether oxygens (including phenoxy) is 1. The number of amidine groups is 1. The van der Waals surface area contributed by atoms with Crippen LogP contribution in [0.5, 0.6) is 0 Å². The van der Waals surface area contributed by atoms with E-state index < -0.39 is 11.7 Å². The largest absolute Gasteiger partial charge is 0.418 e. The van der Waals surface area contributed by atoms with Crippen molar-refractivity contribution in [2.24, 2.45) is 10.1 Å². The molecule has 0 radical (unpaired) electrons. The summed E-state index contributed by atoms with van der Waals surface area (Å²) in [6.45, 7) is 1.33. The van der Waals surface area contributed by atoms with Gasteiger partial charge in [0, 0.05) is 24.1 Å². The number of aliphatic imine (C=N–C) groups is 1. The molecule has 0 saturated carbocycles. The number of benzene rings is 1. The van der Waals surface area contributed by atoms with Gasteiger partial charge in [-0.3, -0.25) is 10.4 Å². The lowest BCUT2D eigenvalue weighted by atomic mass is 10.1. The predicted molar refractivity (Wildman–Crippen MR) is 77.3 cm³/mol. The molecule has 22 heavy (non-hydrogen) atoms. The molecule has 1 atom stereocenters. The molecule has 118 valence electrons. The van der Waals surface area contributed by atoms with Gasteiger partial charge in [-0.15, -0.1) is 0 Å². The van der Waals surface area contributed by atoms with Gasteiger partial charge in [-0.05, 0) is 24.6 Å². The van der Waals surface area contributed by atoms with Crippen molar-refractivity contribution in [3.8, 4) is 0 Å². The SMILES string of the molecule is FC(F)(F)c1cc(C2=NCC=NN2)ccc1N[C@@H]1CCOC1. The maximum Gasteiger partial charge on any atom is 0.418 e. The van der Waals surface area contributed by atoms with Crippen molar-refractivity contribution in [2.45, 2.75) is 18.6 Å². The fourth-order valence-corrected chi connectivity index (χ4v) is 2.39. The molecule has 1 aromatic rings. The Morgan fingerprint density at radius 1 is 1.32 bits per heavy atom.